The first-order chi connectivity index (χ1) is 10.2. The van der Waals surface area contributed by atoms with Gasteiger partial charge in [-0.3, -0.25) is 4.79 Å². The van der Waals surface area contributed by atoms with Gasteiger partial charge in [-0.1, -0.05) is 29.3 Å². The number of hydrazone groups is 1. The number of nitrogens with zero attached hydrogens (tertiary/aromatic N) is 1. The SMILES string of the molecule is O=C(CSCc1c(Cl)cccc1Cl)N/N=C\c1ccco1. The Morgan fingerprint density at radius 2 is 2.05 bits per heavy atom. The molecule has 1 aromatic carbocycles. The second-order valence-corrected chi connectivity index (χ2v) is 5.80. The molecule has 21 heavy (non-hydrogen) atoms. The lowest BCUT2D eigenvalue weighted by Crippen LogP contribution is -2.19. The van der Waals surface area contributed by atoms with Gasteiger partial charge in [-0.05, 0) is 29.8 Å². The number of benzene rings is 1. The lowest BCUT2D eigenvalue weighted by Gasteiger charge is -2.06. The summed E-state index contributed by atoms with van der Waals surface area (Å²) in [7, 11) is 0. The zero-order valence-electron chi connectivity index (χ0n) is 10.9. The molecule has 2 aromatic rings. The molecule has 1 N–H and O–H groups in total. The maximum absolute atomic E-state index is 11.6. The van der Waals surface area contributed by atoms with Crippen LogP contribution in [0.5, 0.6) is 0 Å². The molecule has 0 aliphatic heterocycles. The van der Waals surface area contributed by atoms with Gasteiger partial charge in [-0.15, -0.1) is 11.8 Å². The number of carbonyl (C=O) groups excluding carboxylic acids is 1. The number of hydrogen-bond donors (Lipinski definition) is 1. The number of furan rings is 1. The fourth-order valence-electron chi connectivity index (χ4n) is 1.48. The summed E-state index contributed by atoms with van der Waals surface area (Å²) in [6.45, 7) is 0. The average molecular weight is 343 g/mol. The molecule has 0 saturated heterocycles. The summed E-state index contributed by atoms with van der Waals surface area (Å²) in [6, 6.07) is 8.82. The quantitative estimate of drug-likeness (QED) is 0.638. The van der Waals surface area contributed by atoms with Gasteiger partial charge < -0.3 is 4.42 Å². The number of nitrogens with one attached hydrogen (secondary N) is 1. The highest BCUT2D eigenvalue weighted by Crippen LogP contribution is 2.27. The molecule has 0 aliphatic rings. The molecule has 2 rings (SSSR count). The lowest BCUT2D eigenvalue weighted by atomic mass is 10.2. The van der Waals surface area contributed by atoms with Gasteiger partial charge in [-0.2, -0.15) is 5.10 Å². The predicted molar refractivity (Wildman–Crippen MR) is 87.1 cm³/mol. The molecule has 0 spiro atoms. The summed E-state index contributed by atoms with van der Waals surface area (Å²) in [5, 5.41) is 5.00. The summed E-state index contributed by atoms with van der Waals surface area (Å²) < 4.78 is 5.05. The summed E-state index contributed by atoms with van der Waals surface area (Å²) in [5.41, 5.74) is 3.25. The second-order valence-electron chi connectivity index (χ2n) is 4.00. The third-order valence-electron chi connectivity index (χ3n) is 2.47. The zero-order chi connectivity index (χ0) is 15.1. The van der Waals surface area contributed by atoms with E-state index in [0.717, 1.165) is 5.56 Å². The van der Waals surface area contributed by atoms with Crippen LogP contribution in [0.15, 0.2) is 46.1 Å². The molecule has 0 aliphatic carbocycles. The van der Waals surface area contributed by atoms with Crippen LogP contribution in [0.25, 0.3) is 0 Å². The van der Waals surface area contributed by atoms with E-state index in [-0.39, 0.29) is 11.7 Å². The van der Waals surface area contributed by atoms with Gasteiger partial charge in [0.1, 0.15) is 5.76 Å². The number of hydrogen-bond acceptors (Lipinski definition) is 4. The fraction of sp³-hybridized carbons (Fsp3) is 0.143. The van der Waals surface area contributed by atoms with Crippen molar-refractivity contribution >= 4 is 47.1 Å². The molecule has 1 aromatic heterocycles. The Bertz CT molecular complexity index is 610. The lowest BCUT2D eigenvalue weighted by molar-refractivity contribution is -0.118. The molecule has 0 bridgehead atoms. The minimum absolute atomic E-state index is 0.203. The van der Waals surface area contributed by atoms with Crippen LogP contribution < -0.4 is 5.43 Å². The maximum Gasteiger partial charge on any atom is 0.250 e. The molecule has 0 atom stereocenters. The van der Waals surface area contributed by atoms with Gasteiger partial charge in [0.15, 0.2) is 0 Å². The predicted octanol–water partition coefficient (Wildman–Crippen LogP) is 3.97. The van der Waals surface area contributed by atoms with Crippen LogP contribution in [0.3, 0.4) is 0 Å². The van der Waals surface area contributed by atoms with Gasteiger partial charge in [0.25, 0.3) is 0 Å². The highest BCUT2D eigenvalue weighted by atomic mass is 35.5. The highest BCUT2D eigenvalue weighted by molar-refractivity contribution is 7.99. The van der Waals surface area contributed by atoms with Gasteiger partial charge in [0.05, 0.1) is 18.2 Å². The van der Waals surface area contributed by atoms with Crippen molar-refractivity contribution in [2.75, 3.05) is 5.75 Å². The first-order valence-corrected chi connectivity index (χ1v) is 7.94. The Hall–Kier alpha value is -1.43. The molecule has 0 radical (unpaired) electrons. The number of carbonyl (C=O) groups is 1. The molecule has 0 unspecified atom stereocenters. The Morgan fingerprint density at radius 1 is 1.29 bits per heavy atom. The number of thioether (sulfide) groups is 1. The molecule has 1 heterocycles. The van der Waals surface area contributed by atoms with E-state index < -0.39 is 0 Å². The summed E-state index contributed by atoms with van der Waals surface area (Å²) in [4.78, 5) is 11.6. The second kappa shape index (κ2) is 8.12. The molecule has 4 nitrogen and oxygen atoms in total. The molecule has 110 valence electrons. The first-order valence-electron chi connectivity index (χ1n) is 6.03. The smallest absolute Gasteiger partial charge is 0.250 e. The largest absolute Gasteiger partial charge is 0.463 e. The van der Waals surface area contributed by atoms with Gasteiger partial charge >= 0.3 is 0 Å². The van der Waals surface area contributed by atoms with Crippen molar-refractivity contribution in [3.8, 4) is 0 Å². The van der Waals surface area contributed by atoms with Crippen molar-refractivity contribution in [3.05, 3.63) is 58.0 Å². The Kier molecular flexibility index (Phi) is 6.17. The van der Waals surface area contributed by atoms with Crippen molar-refractivity contribution in [2.45, 2.75) is 5.75 Å². The maximum atomic E-state index is 11.6. The number of amides is 1. The van der Waals surface area contributed by atoms with Crippen LogP contribution in [-0.2, 0) is 10.5 Å². The van der Waals surface area contributed by atoms with Crippen LogP contribution in [0.1, 0.15) is 11.3 Å². The summed E-state index contributed by atoms with van der Waals surface area (Å²) in [6.07, 6.45) is 2.97. The average Bonchev–Trinajstić information content (AvgIpc) is 2.95. The molecule has 1 amide bonds. The van der Waals surface area contributed by atoms with Crippen molar-refractivity contribution in [3.63, 3.8) is 0 Å². The molecule has 0 saturated carbocycles. The van der Waals surface area contributed by atoms with Crippen molar-refractivity contribution in [1.82, 2.24) is 5.43 Å². The van der Waals surface area contributed by atoms with Crippen molar-refractivity contribution in [2.24, 2.45) is 5.10 Å². The minimum atomic E-state index is -0.203. The van der Waals surface area contributed by atoms with E-state index >= 15 is 0 Å². The van der Waals surface area contributed by atoms with E-state index in [9.17, 15) is 4.79 Å². The van der Waals surface area contributed by atoms with E-state index in [4.69, 9.17) is 27.6 Å². The Balaban J connectivity index is 1.74. The Morgan fingerprint density at radius 3 is 2.71 bits per heavy atom. The Labute approximate surface area is 136 Å². The normalized spacial score (nSPS) is 11.0. The molecule has 0 fully saturated rings. The summed E-state index contributed by atoms with van der Waals surface area (Å²) >= 11 is 13.5. The molecular weight excluding hydrogens is 331 g/mol. The highest BCUT2D eigenvalue weighted by Gasteiger charge is 2.07. The van der Waals surface area contributed by atoms with E-state index in [1.807, 2.05) is 0 Å². The number of rotatable bonds is 6. The third kappa shape index (κ3) is 5.12. The number of halogens is 2. The molecular formula is C14H12Cl2N2O2S. The standard InChI is InChI=1S/C14H12Cl2N2O2S/c15-12-4-1-5-13(16)11(12)8-21-9-14(19)18-17-7-10-3-2-6-20-10/h1-7H,8-9H2,(H,18,19)/b17-7-. The minimum Gasteiger partial charge on any atom is -0.463 e. The van der Waals surface area contributed by atoms with E-state index in [2.05, 4.69) is 10.5 Å². The van der Waals surface area contributed by atoms with Crippen LogP contribution in [0, 0.1) is 0 Å². The van der Waals surface area contributed by atoms with Crippen molar-refractivity contribution in [1.29, 1.82) is 0 Å². The summed E-state index contributed by atoms with van der Waals surface area (Å²) in [5.74, 6) is 1.20. The van der Waals surface area contributed by atoms with Crippen LogP contribution in [0.4, 0.5) is 0 Å². The van der Waals surface area contributed by atoms with Gasteiger partial charge in [0.2, 0.25) is 5.91 Å². The van der Waals surface area contributed by atoms with Crippen molar-refractivity contribution < 1.29 is 9.21 Å². The van der Waals surface area contributed by atoms with Crippen LogP contribution in [0.2, 0.25) is 10.0 Å². The van der Waals surface area contributed by atoms with Gasteiger partial charge in [-0.25, -0.2) is 5.43 Å². The zero-order valence-corrected chi connectivity index (χ0v) is 13.2. The first kappa shape index (κ1) is 15.9. The van der Waals surface area contributed by atoms with Crippen LogP contribution in [-0.4, -0.2) is 17.9 Å². The van der Waals surface area contributed by atoms with E-state index in [0.29, 0.717) is 21.6 Å². The monoisotopic (exact) mass is 342 g/mol. The van der Waals surface area contributed by atoms with E-state index in [1.165, 1.54) is 24.2 Å². The fourth-order valence-corrected chi connectivity index (χ4v) is 3.04. The van der Waals surface area contributed by atoms with Gasteiger partial charge in [0, 0.05) is 15.8 Å². The third-order valence-corrected chi connectivity index (χ3v) is 4.13. The van der Waals surface area contributed by atoms with E-state index in [1.54, 1.807) is 30.3 Å². The molecule has 7 heteroatoms. The topological polar surface area (TPSA) is 54.6 Å². The van der Waals surface area contributed by atoms with Crippen LogP contribution >= 0.6 is 35.0 Å².